The molecule has 19 heavy (non-hydrogen) atoms. The van der Waals surface area contributed by atoms with E-state index < -0.39 is 12.0 Å². The zero-order valence-electron chi connectivity index (χ0n) is 10.2. The summed E-state index contributed by atoms with van der Waals surface area (Å²) in [5, 5.41) is 14.0. The molecule has 5 heteroatoms. The standard InChI is InChI=1S/C14H14N2O3/c17-14(18)13-6-12(8-16-13)19-11-2-1-10-7-15-4-3-9(10)5-11/h1-5,7,12-13,16H,6,8H2,(H,17,18)/t12-,13+/m1/s1. The lowest BCUT2D eigenvalue weighted by Crippen LogP contribution is -2.30. The zero-order chi connectivity index (χ0) is 13.2. The van der Waals surface area contributed by atoms with Crippen LogP contribution in [0.15, 0.2) is 36.7 Å². The summed E-state index contributed by atoms with van der Waals surface area (Å²) < 4.78 is 5.82. The van der Waals surface area contributed by atoms with Crippen LogP contribution < -0.4 is 10.1 Å². The van der Waals surface area contributed by atoms with E-state index in [1.54, 1.807) is 12.4 Å². The van der Waals surface area contributed by atoms with Gasteiger partial charge in [-0.3, -0.25) is 9.78 Å². The number of hydrogen-bond acceptors (Lipinski definition) is 4. The van der Waals surface area contributed by atoms with Crippen LogP contribution in [0.5, 0.6) is 5.75 Å². The van der Waals surface area contributed by atoms with Gasteiger partial charge in [0.2, 0.25) is 0 Å². The molecule has 1 aliphatic heterocycles. The molecular weight excluding hydrogens is 244 g/mol. The van der Waals surface area contributed by atoms with Gasteiger partial charge < -0.3 is 15.2 Å². The average molecular weight is 258 g/mol. The van der Waals surface area contributed by atoms with Crippen molar-refractivity contribution < 1.29 is 14.6 Å². The molecule has 1 saturated heterocycles. The first-order chi connectivity index (χ1) is 9.22. The summed E-state index contributed by atoms with van der Waals surface area (Å²) in [7, 11) is 0. The number of aliphatic carboxylic acids is 1. The topological polar surface area (TPSA) is 71.5 Å². The van der Waals surface area contributed by atoms with E-state index in [0.29, 0.717) is 13.0 Å². The first-order valence-electron chi connectivity index (χ1n) is 6.19. The maximum Gasteiger partial charge on any atom is 0.320 e. The number of ether oxygens (including phenoxy) is 1. The summed E-state index contributed by atoms with van der Waals surface area (Å²) in [6.07, 6.45) is 3.93. The monoisotopic (exact) mass is 258 g/mol. The van der Waals surface area contributed by atoms with E-state index in [1.165, 1.54) is 0 Å². The molecule has 0 unspecified atom stereocenters. The fourth-order valence-corrected chi connectivity index (χ4v) is 2.31. The Hall–Kier alpha value is -2.14. The van der Waals surface area contributed by atoms with Crippen LogP contribution in [-0.2, 0) is 4.79 Å². The third-order valence-electron chi connectivity index (χ3n) is 3.30. The predicted octanol–water partition coefficient (Wildman–Crippen LogP) is 1.43. The molecule has 1 aromatic carbocycles. The van der Waals surface area contributed by atoms with E-state index in [9.17, 15) is 4.79 Å². The fraction of sp³-hybridized carbons (Fsp3) is 0.286. The predicted molar refractivity (Wildman–Crippen MR) is 70.2 cm³/mol. The first-order valence-corrected chi connectivity index (χ1v) is 6.19. The molecule has 0 aliphatic carbocycles. The quantitative estimate of drug-likeness (QED) is 0.871. The summed E-state index contributed by atoms with van der Waals surface area (Å²) in [5.41, 5.74) is 0. The lowest BCUT2D eigenvalue weighted by molar-refractivity contribution is -0.139. The molecule has 2 aromatic rings. The van der Waals surface area contributed by atoms with Crippen molar-refractivity contribution >= 4 is 16.7 Å². The average Bonchev–Trinajstić information content (AvgIpc) is 2.87. The molecule has 0 radical (unpaired) electrons. The zero-order valence-corrected chi connectivity index (χ0v) is 10.2. The maximum atomic E-state index is 10.8. The van der Waals surface area contributed by atoms with E-state index in [0.717, 1.165) is 16.5 Å². The van der Waals surface area contributed by atoms with Gasteiger partial charge in [0.25, 0.3) is 0 Å². The van der Waals surface area contributed by atoms with Crippen LogP contribution in [0.3, 0.4) is 0 Å². The highest BCUT2D eigenvalue weighted by molar-refractivity contribution is 5.82. The number of rotatable bonds is 3. The van der Waals surface area contributed by atoms with Gasteiger partial charge in [-0.2, -0.15) is 0 Å². The Morgan fingerprint density at radius 3 is 3.05 bits per heavy atom. The highest BCUT2D eigenvalue weighted by Gasteiger charge is 2.30. The molecule has 0 spiro atoms. The van der Waals surface area contributed by atoms with Crippen molar-refractivity contribution in [2.75, 3.05) is 6.54 Å². The molecule has 0 bridgehead atoms. The van der Waals surface area contributed by atoms with Crippen molar-refractivity contribution in [1.82, 2.24) is 10.3 Å². The number of fused-ring (bicyclic) bond motifs is 1. The van der Waals surface area contributed by atoms with Crippen molar-refractivity contribution in [2.24, 2.45) is 0 Å². The number of carbonyl (C=O) groups is 1. The first kappa shape index (κ1) is 11.9. The number of carboxylic acid groups (broad SMARTS) is 1. The summed E-state index contributed by atoms with van der Waals surface area (Å²) in [6.45, 7) is 0.561. The fourth-order valence-electron chi connectivity index (χ4n) is 2.31. The van der Waals surface area contributed by atoms with E-state index in [2.05, 4.69) is 10.3 Å². The van der Waals surface area contributed by atoms with Crippen molar-refractivity contribution in [2.45, 2.75) is 18.6 Å². The SMILES string of the molecule is O=C(O)[C@@H]1C[C@@H](Oc2ccc3cnccc3c2)CN1. The highest BCUT2D eigenvalue weighted by Crippen LogP contribution is 2.22. The van der Waals surface area contributed by atoms with Crippen molar-refractivity contribution in [3.8, 4) is 5.75 Å². The van der Waals surface area contributed by atoms with Gasteiger partial charge in [0.15, 0.2) is 0 Å². The van der Waals surface area contributed by atoms with Gasteiger partial charge in [0.05, 0.1) is 0 Å². The molecule has 1 aliphatic rings. The Balaban J connectivity index is 1.73. The lowest BCUT2D eigenvalue weighted by atomic mass is 10.1. The third-order valence-corrected chi connectivity index (χ3v) is 3.30. The van der Waals surface area contributed by atoms with Crippen molar-refractivity contribution in [1.29, 1.82) is 0 Å². The maximum absolute atomic E-state index is 10.8. The Morgan fingerprint density at radius 2 is 2.26 bits per heavy atom. The minimum absolute atomic E-state index is 0.0969. The summed E-state index contributed by atoms with van der Waals surface area (Å²) in [4.78, 5) is 14.9. The van der Waals surface area contributed by atoms with Crippen molar-refractivity contribution in [3.05, 3.63) is 36.7 Å². The van der Waals surface area contributed by atoms with Gasteiger partial charge in [-0.25, -0.2) is 0 Å². The summed E-state index contributed by atoms with van der Waals surface area (Å²) in [5.74, 6) is -0.0628. The number of carboxylic acids is 1. The minimum atomic E-state index is -0.823. The van der Waals surface area contributed by atoms with Crippen LogP contribution in [0.1, 0.15) is 6.42 Å². The Labute approximate surface area is 110 Å². The minimum Gasteiger partial charge on any atom is -0.489 e. The Kier molecular flexibility index (Phi) is 3.05. The molecule has 2 N–H and O–H groups in total. The number of benzene rings is 1. The Bertz CT molecular complexity index is 614. The number of hydrogen-bond donors (Lipinski definition) is 2. The lowest BCUT2D eigenvalue weighted by Gasteiger charge is -2.13. The van der Waals surface area contributed by atoms with Gasteiger partial charge in [0, 0.05) is 30.7 Å². The largest absolute Gasteiger partial charge is 0.489 e. The van der Waals surface area contributed by atoms with E-state index in [4.69, 9.17) is 9.84 Å². The van der Waals surface area contributed by atoms with E-state index in [-0.39, 0.29) is 6.10 Å². The van der Waals surface area contributed by atoms with Gasteiger partial charge >= 0.3 is 5.97 Å². The Morgan fingerprint density at radius 1 is 1.37 bits per heavy atom. The molecule has 98 valence electrons. The molecule has 2 heterocycles. The molecule has 0 saturated carbocycles. The number of nitrogens with one attached hydrogen (secondary N) is 1. The molecule has 1 fully saturated rings. The van der Waals surface area contributed by atoms with E-state index >= 15 is 0 Å². The van der Waals surface area contributed by atoms with Crippen LogP contribution >= 0.6 is 0 Å². The molecule has 2 atom stereocenters. The van der Waals surface area contributed by atoms with Gasteiger partial charge in [-0.1, -0.05) is 0 Å². The molecule has 5 nitrogen and oxygen atoms in total. The summed E-state index contributed by atoms with van der Waals surface area (Å²) in [6, 6.07) is 7.21. The smallest absolute Gasteiger partial charge is 0.320 e. The molecular formula is C14H14N2O3. The molecule has 1 aromatic heterocycles. The van der Waals surface area contributed by atoms with Gasteiger partial charge in [-0.05, 0) is 29.7 Å². The molecule has 0 amide bonds. The second kappa shape index (κ2) is 4.85. The van der Waals surface area contributed by atoms with Crippen LogP contribution in [0.4, 0.5) is 0 Å². The van der Waals surface area contributed by atoms with Crippen LogP contribution in [0.25, 0.3) is 10.8 Å². The van der Waals surface area contributed by atoms with Gasteiger partial charge in [0.1, 0.15) is 17.9 Å². The van der Waals surface area contributed by atoms with Gasteiger partial charge in [-0.15, -0.1) is 0 Å². The third kappa shape index (κ3) is 2.51. The molecule has 3 rings (SSSR count). The van der Waals surface area contributed by atoms with Crippen LogP contribution in [0.2, 0.25) is 0 Å². The van der Waals surface area contributed by atoms with Crippen molar-refractivity contribution in [3.63, 3.8) is 0 Å². The number of nitrogens with zero attached hydrogens (tertiary/aromatic N) is 1. The van der Waals surface area contributed by atoms with E-state index in [1.807, 2.05) is 24.3 Å². The number of pyridine rings is 1. The highest BCUT2D eigenvalue weighted by atomic mass is 16.5. The van der Waals surface area contributed by atoms with Crippen LogP contribution in [-0.4, -0.2) is 34.8 Å². The van der Waals surface area contributed by atoms with Crippen LogP contribution in [0, 0.1) is 0 Å². The normalized spacial score (nSPS) is 22.5. The second-order valence-corrected chi connectivity index (χ2v) is 4.66. The second-order valence-electron chi connectivity index (χ2n) is 4.66. The number of aromatic nitrogens is 1. The summed E-state index contributed by atoms with van der Waals surface area (Å²) >= 11 is 0.